The van der Waals surface area contributed by atoms with Crippen LogP contribution in [0.5, 0.6) is 0 Å². The van der Waals surface area contributed by atoms with Gasteiger partial charge < -0.3 is 14.5 Å². The van der Waals surface area contributed by atoms with Crippen molar-refractivity contribution in [3.63, 3.8) is 0 Å². The molecule has 1 aliphatic rings. The van der Waals surface area contributed by atoms with Gasteiger partial charge in [-0.1, -0.05) is 42.5 Å². The lowest BCUT2D eigenvalue weighted by molar-refractivity contribution is -0.131. The SMILES string of the molecule is O=C1CN(C(=O)c2cncs2)C[C@H](OCc2cccc(F)c2)CN1CCc1ccccc1. The Morgan fingerprint density at radius 2 is 1.94 bits per heavy atom. The molecular weight excluding hydrogens is 429 g/mol. The van der Waals surface area contributed by atoms with Crippen LogP contribution >= 0.6 is 11.3 Å². The molecule has 8 heteroatoms. The topological polar surface area (TPSA) is 62.7 Å². The lowest BCUT2D eigenvalue weighted by Crippen LogP contribution is -2.39. The summed E-state index contributed by atoms with van der Waals surface area (Å²) in [7, 11) is 0. The standard InChI is InChI=1S/C24H24FN3O3S/c25-20-8-4-7-19(11-20)16-31-21-13-27(10-9-18-5-2-1-3-6-18)23(29)15-28(14-21)24(30)22-12-26-17-32-22/h1-8,11-12,17,21H,9-10,13-16H2/t21-/m1/s1. The molecule has 2 heterocycles. The molecule has 0 spiro atoms. The van der Waals surface area contributed by atoms with Crippen molar-refractivity contribution in [2.45, 2.75) is 19.1 Å². The van der Waals surface area contributed by atoms with Crippen molar-refractivity contribution < 1.29 is 18.7 Å². The minimum atomic E-state index is -0.391. The molecule has 0 saturated carbocycles. The van der Waals surface area contributed by atoms with Gasteiger partial charge in [-0.05, 0) is 29.7 Å². The zero-order valence-corrected chi connectivity index (χ0v) is 18.3. The van der Waals surface area contributed by atoms with Crippen molar-refractivity contribution >= 4 is 23.2 Å². The van der Waals surface area contributed by atoms with Gasteiger partial charge in [-0.25, -0.2) is 4.39 Å². The molecule has 0 unspecified atom stereocenters. The normalized spacial score (nSPS) is 16.8. The van der Waals surface area contributed by atoms with Crippen LogP contribution in [0.4, 0.5) is 4.39 Å². The number of rotatable bonds is 7. The molecule has 0 bridgehead atoms. The van der Waals surface area contributed by atoms with Crippen LogP contribution in [0.1, 0.15) is 20.8 Å². The molecule has 0 N–H and O–H groups in total. The van der Waals surface area contributed by atoms with Gasteiger partial charge in [0.1, 0.15) is 17.2 Å². The largest absolute Gasteiger partial charge is 0.370 e. The van der Waals surface area contributed by atoms with E-state index in [2.05, 4.69) is 4.98 Å². The quantitative estimate of drug-likeness (QED) is 0.550. The van der Waals surface area contributed by atoms with Crippen LogP contribution in [0.25, 0.3) is 0 Å². The Kier molecular flexibility index (Phi) is 7.24. The minimum Gasteiger partial charge on any atom is -0.370 e. The summed E-state index contributed by atoms with van der Waals surface area (Å²) < 4.78 is 19.6. The summed E-state index contributed by atoms with van der Waals surface area (Å²) in [6.45, 7) is 1.37. The Balaban J connectivity index is 1.48. The summed E-state index contributed by atoms with van der Waals surface area (Å²) in [5.74, 6) is -0.672. The Morgan fingerprint density at radius 1 is 1.12 bits per heavy atom. The summed E-state index contributed by atoms with van der Waals surface area (Å²) in [6, 6.07) is 16.2. The molecule has 2 aromatic carbocycles. The van der Waals surface area contributed by atoms with E-state index in [1.807, 2.05) is 30.3 Å². The van der Waals surface area contributed by atoms with E-state index in [0.717, 1.165) is 5.56 Å². The van der Waals surface area contributed by atoms with Gasteiger partial charge in [0.2, 0.25) is 5.91 Å². The van der Waals surface area contributed by atoms with Crippen molar-refractivity contribution in [2.75, 3.05) is 26.2 Å². The number of hydrogen-bond donors (Lipinski definition) is 0. The van der Waals surface area contributed by atoms with E-state index in [-0.39, 0.29) is 37.3 Å². The molecule has 1 atom stereocenters. The Labute approximate surface area is 190 Å². The van der Waals surface area contributed by atoms with Gasteiger partial charge in [-0.2, -0.15) is 0 Å². The highest BCUT2D eigenvalue weighted by atomic mass is 32.1. The molecule has 166 valence electrons. The average Bonchev–Trinajstić information content (AvgIpc) is 3.29. The van der Waals surface area contributed by atoms with Gasteiger partial charge in [0.25, 0.3) is 5.91 Å². The van der Waals surface area contributed by atoms with E-state index in [1.54, 1.807) is 22.5 Å². The first-order chi connectivity index (χ1) is 15.6. The Morgan fingerprint density at radius 3 is 2.69 bits per heavy atom. The second-order valence-electron chi connectivity index (χ2n) is 7.69. The van der Waals surface area contributed by atoms with Gasteiger partial charge in [0.15, 0.2) is 0 Å². The monoisotopic (exact) mass is 453 g/mol. The number of benzene rings is 2. The molecule has 3 aromatic rings. The Hall–Kier alpha value is -3.10. The smallest absolute Gasteiger partial charge is 0.266 e. The fraction of sp³-hybridized carbons (Fsp3) is 0.292. The lowest BCUT2D eigenvalue weighted by Gasteiger charge is -2.25. The van der Waals surface area contributed by atoms with Crippen LogP contribution in [-0.2, 0) is 22.6 Å². The number of halogens is 1. The molecule has 6 nitrogen and oxygen atoms in total. The molecule has 0 radical (unpaired) electrons. The molecule has 0 aliphatic carbocycles. The number of aromatic nitrogens is 1. The lowest BCUT2D eigenvalue weighted by atomic mass is 10.1. The third-order valence-electron chi connectivity index (χ3n) is 5.35. The zero-order chi connectivity index (χ0) is 22.3. The predicted octanol–water partition coefficient (Wildman–Crippen LogP) is 3.39. The molecule has 1 aliphatic heterocycles. The van der Waals surface area contributed by atoms with E-state index in [0.29, 0.717) is 30.0 Å². The third-order valence-corrected chi connectivity index (χ3v) is 6.11. The van der Waals surface area contributed by atoms with Gasteiger partial charge in [0, 0.05) is 19.6 Å². The van der Waals surface area contributed by atoms with Crippen molar-refractivity contribution in [2.24, 2.45) is 0 Å². The molecule has 4 rings (SSSR count). The molecule has 32 heavy (non-hydrogen) atoms. The van der Waals surface area contributed by atoms with E-state index < -0.39 is 6.10 Å². The van der Waals surface area contributed by atoms with Crippen LogP contribution in [0.2, 0.25) is 0 Å². The van der Waals surface area contributed by atoms with Crippen LogP contribution in [0, 0.1) is 5.82 Å². The highest BCUT2D eigenvalue weighted by molar-refractivity contribution is 7.11. The van der Waals surface area contributed by atoms with E-state index in [9.17, 15) is 14.0 Å². The first kappa shape index (κ1) is 22.1. The van der Waals surface area contributed by atoms with E-state index in [4.69, 9.17) is 4.74 Å². The zero-order valence-electron chi connectivity index (χ0n) is 17.5. The number of amides is 2. The molecule has 2 amide bonds. The number of thiazole rings is 1. The second kappa shape index (κ2) is 10.5. The maximum Gasteiger partial charge on any atom is 0.266 e. The summed E-state index contributed by atoms with van der Waals surface area (Å²) in [6.07, 6.45) is 1.83. The number of carbonyl (C=O) groups excluding carboxylic acids is 2. The van der Waals surface area contributed by atoms with Gasteiger partial charge in [-0.3, -0.25) is 14.6 Å². The van der Waals surface area contributed by atoms with Crippen molar-refractivity contribution in [3.8, 4) is 0 Å². The first-order valence-corrected chi connectivity index (χ1v) is 11.3. The van der Waals surface area contributed by atoms with Gasteiger partial charge >= 0.3 is 0 Å². The van der Waals surface area contributed by atoms with Crippen LogP contribution in [0.3, 0.4) is 0 Å². The number of ether oxygens (including phenoxy) is 1. The van der Waals surface area contributed by atoms with Gasteiger partial charge in [-0.15, -0.1) is 11.3 Å². The molecule has 1 saturated heterocycles. The summed E-state index contributed by atoms with van der Waals surface area (Å²) in [5.41, 5.74) is 3.44. The van der Waals surface area contributed by atoms with Crippen molar-refractivity contribution in [1.82, 2.24) is 14.8 Å². The summed E-state index contributed by atoms with van der Waals surface area (Å²) >= 11 is 1.24. The maximum absolute atomic E-state index is 13.5. The third kappa shape index (κ3) is 5.77. The van der Waals surface area contributed by atoms with E-state index >= 15 is 0 Å². The van der Waals surface area contributed by atoms with Crippen LogP contribution < -0.4 is 0 Å². The number of hydrogen-bond acceptors (Lipinski definition) is 5. The first-order valence-electron chi connectivity index (χ1n) is 10.4. The van der Waals surface area contributed by atoms with Crippen LogP contribution in [0.15, 0.2) is 66.3 Å². The highest BCUT2D eigenvalue weighted by Gasteiger charge is 2.31. The van der Waals surface area contributed by atoms with E-state index in [1.165, 1.54) is 34.6 Å². The molecule has 1 fully saturated rings. The van der Waals surface area contributed by atoms with Crippen molar-refractivity contribution in [1.29, 1.82) is 0 Å². The number of carbonyl (C=O) groups is 2. The maximum atomic E-state index is 13.5. The van der Waals surface area contributed by atoms with Crippen LogP contribution in [-0.4, -0.2) is 58.9 Å². The van der Waals surface area contributed by atoms with Gasteiger partial charge in [0.05, 0.1) is 24.4 Å². The Bertz CT molecular complexity index is 1050. The minimum absolute atomic E-state index is 0.00858. The fourth-order valence-corrected chi connectivity index (χ4v) is 4.27. The summed E-state index contributed by atoms with van der Waals surface area (Å²) in [4.78, 5) is 33.7. The fourth-order valence-electron chi connectivity index (χ4n) is 3.68. The average molecular weight is 454 g/mol. The summed E-state index contributed by atoms with van der Waals surface area (Å²) in [5, 5.41) is 0. The molecular formula is C24H24FN3O3S. The molecule has 1 aromatic heterocycles. The van der Waals surface area contributed by atoms with Crippen molar-refractivity contribution in [3.05, 3.63) is 88.1 Å². The highest BCUT2D eigenvalue weighted by Crippen LogP contribution is 2.17. The number of nitrogens with zero attached hydrogens (tertiary/aromatic N) is 3. The predicted molar refractivity (Wildman–Crippen MR) is 120 cm³/mol. The second-order valence-corrected chi connectivity index (χ2v) is 8.58.